The lowest BCUT2D eigenvalue weighted by molar-refractivity contribution is 0.0441. The van der Waals surface area contributed by atoms with Crippen LogP contribution in [0.5, 0.6) is 0 Å². The van der Waals surface area contributed by atoms with Gasteiger partial charge in [0.15, 0.2) is 11.6 Å². The Labute approximate surface area is 196 Å². The van der Waals surface area contributed by atoms with Gasteiger partial charge in [0.05, 0.1) is 5.39 Å². The largest absolute Gasteiger partial charge is 0.477 e. The molecule has 2 aromatic heterocycles. The zero-order valence-electron chi connectivity index (χ0n) is 20.1. The van der Waals surface area contributed by atoms with E-state index in [1.54, 1.807) is 25.3 Å². The zero-order chi connectivity index (χ0) is 25.0. The van der Waals surface area contributed by atoms with Crippen molar-refractivity contribution in [2.24, 2.45) is 5.92 Å². The Kier molecular flexibility index (Phi) is 5.81. The molecular weight excluding hydrogens is 443 g/mol. The van der Waals surface area contributed by atoms with Crippen LogP contribution < -0.4 is 15.6 Å². The van der Waals surface area contributed by atoms with Gasteiger partial charge in [-0.3, -0.25) is 4.79 Å². The minimum Gasteiger partial charge on any atom is -0.477 e. The number of amides is 1. The molecule has 2 fully saturated rings. The van der Waals surface area contributed by atoms with Gasteiger partial charge in [0.2, 0.25) is 5.43 Å². The number of aromatic nitrogens is 2. The third-order valence-corrected chi connectivity index (χ3v) is 6.44. The number of aromatic carboxylic acids is 1. The lowest BCUT2D eigenvalue weighted by Crippen LogP contribution is -2.51. The van der Waals surface area contributed by atoms with E-state index in [1.165, 1.54) is 6.20 Å². The zero-order valence-corrected chi connectivity index (χ0v) is 20.1. The van der Waals surface area contributed by atoms with E-state index in [4.69, 9.17) is 4.74 Å². The summed E-state index contributed by atoms with van der Waals surface area (Å²) in [6.07, 6.45) is 3.22. The van der Waals surface area contributed by atoms with Crippen molar-refractivity contribution in [1.82, 2.24) is 14.9 Å². The van der Waals surface area contributed by atoms with Gasteiger partial charge in [0.1, 0.15) is 16.8 Å². The lowest BCUT2D eigenvalue weighted by Gasteiger charge is -2.33. The van der Waals surface area contributed by atoms with Gasteiger partial charge in [-0.1, -0.05) is 0 Å². The maximum atomic E-state index is 15.2. The predicted octanol–water partition coefficient (Wildman–Crippen LogP) is 3.70. The summed E-state index contributed by atoms with van der Waals surface area (Å²) in [6, 6.07) is 1.15. The highest BCUT2D eigenvalue weighted by Gasteiger charge is 2.39. The molecule has 0 spiro atoms. The van der Waals surface area contributed by atoms with Crippen LogP contribution in [-0.4, -0.2) is 50.9 Å². The van der Waals surface area contributed by atoms with Crippen molar-refractivity contribution in [3.05, 3.63) is 33.9 Å². The summed E-state index contributed by atoms with van der Waals surface area (Å²) < 4.78 is 22.2. The quantitative estimate of drug-likeness (QED) is 0.679. The number of fused-ring (bicyclic) bond motifs is 1. The topological polar surface area (TPSA) is 114 Å². The smallest absolute Gasteiger partial charge is 0.408 e. The minimum atomic E-state index is -1.34. The molecule has 2 N–H and O–H groups in total. The van der Waals surface area contributed by atoms with Crippen LogP contribution in [0.4, 0.5) is 15.0 Å². The van der Waals surface area contributed by atoms with Crippen LogP contribution in [-0.2, 0) is 4.74 Å². The highest BCUT2D eigenvalue weighted by atomic mass is 19.1. The molecule has 4 rings (SSSR count). The summed E-state index contributed by atoms with van der Waals surface area (Å²) in [5.41, 5.74) is -2.04. The number of carboxylic acids is 1. The molecule has 1 aliphatic carbocycles. The molecule has 3 heterocycles. The van der Waals surface area contributed by atoms with Crippen LogP contribution in [0.2, 0.25) is 0 Å². The lowest BCUT2D eigenvalue weighted by atomic mass is 9.87. The van der Waals surface area contributed by atoms with E-state index >= 15 is 4.39 Å². The number of ether oxygens (including phenoxy) is 1. The highest BCUT2D eigenvalue weighted by molar-refractivity contribution is 5.92. The molecule has 1 amide bonds. The van der Waals surface area contributed by atoms with Crippen molar-refractivity contribution in [2.75, 3.05) is 18.0 Å². The molecule has 184 valence electrons. The molecule has 0 unspecified atom stereocenters. The number of carboxylic acid groups (broad SMARTS) is 1. The maximum absolute atomic E-state index is 15.2. The summed E-state index contributed by atoms with van der Waals surface area (Å²) in [6.45, 7) is 10.2. The van der Waals surface area contributed by atoms with Crippen molar-refractivity contribution in [3.63, 3.8) is 0 Å². The second-order valence-corrected chi connectivity index (χ2v) is 10.8. The molecule has 2 aliphatic rings. The molecule has 0 radical (unpaired) electrons. The number of halogens is 1. The average Bonchev–Trinajstić information content (AvgIpc) is 3.41. The van der Waals surface area contributed by atoms with Gasteiger partial charge in [0, 0.05) is 36.8 Å². The average molecular weight is 475 g/mol. The van der Waals surface area contributed by atoms with Crippen molar-refractivity contribution in [3.8, 4) is 0 Å². The molecule has 10 heteroatoms. The maximum Gasteiger partial charge on any atom is 0.408 e. The summed E-state index contributed by atoms with van der Waals surface area (Å²) >= 11 is 0. The molecule has 1 saturated heterocycles. The van der Waals surface area contributed by atoms with Crippen LogP contribution in [0.25, 0.3) is 11.0 Å². The number of anilines is 1. The van der Waals surface area contributed by atoms with Crippen molar-refractivity contribution in [1.29, 1.82) is 0 Å². The Morgan fingerprint density at radius 2 is 1.88 bits per heavy atom. The van der Waals surface area contributed by atoms with Gasteiger partial charge in [-0.25, -0.2) is 19.0 Å². The Morgan fingerprint density at radius 3 is 2.47 bits per heavy atom. The van der Waals surface area contributed by atoms with Crippen LogP contribution in [0.3, 0.4) is 0 Å². The van der Waals surface area contributed by atoms with E-state index in [0.29, 0.717) is 25.2 Å². The van der Waals surface area contributed by atoms with Gasteiger partial charge in [-0.15, -0.1) is 0 Å². The van der Waals surface area contributed by atoms with E-state index in [1.807, 2.05) is 18.7 Å². The number of nitrogens with zero attached hydrogens (tertiary/aromatic N) is 3. The number of hydrogen-bond donors (Lipinski definition) is 2. The molecule has 1 atom stereocenters. The summed E-state index contributed by atoms with van der Waals surface area (Å²) in [5.74, 6) is -1.88. The Morgan fingerprint density at radius 1 is 1.21 bits per heavy atom. The third kappa shape index (κ3) is 4.71. The SMILES string of the molecule is CC(C)(C)OC(=O)NC(C)(C)[C@@H]1CCN(c2nc3c(cc2F)c(=O)c(C(=O)O)cn3C2CC2)C1. The van der Waals surface area contributed by atoms with Crippen LogP contribution in [0, 0.1) is 11.7 Å². The van der Waals surface area contributed by atoms with Gasteiger partial charge >= 0.3 is 12.1 Å². The number of alkyl carbamates (subject to hydrolysis) is 1. The fourth-order valence-electron chi connectivity index (χ4n) is 4.45. The van der Waals surface area contributed by atoms with Crippen molar-refractivity contribution < 1.29 is 23.8 Å². The third-order valence-electron chi connectivity index (χ3n) is 6.44. The monoisotopic (exact) mass is 474 g/mol. The summed E-state index contributed by atoms with van der Waals surface area (Å²) in [4.78, 5) is 42.8. The minimum absolute atomic E-state index is 0.0110. The van der Waals surface area contributed by atoms with Crippen LogP contribution in [0.15, 0.2) is 17.1 Å². The summed E-state index contributed by atoms with van der Waals surface area (Å²) in [7, 11) is 0. The molecule has 34 heavy (non-hydrogen) atoms. The fourth-order valence-corrected chi connectivity index (χ4v) is 4.45. The number of hydrogen-bond acceptors (Lipinski definition) is 6. The van der Waals surface area contributed by atoms with Crippen molar-refractivity contribution >= 4 is 28.9 Å². The van der Waals surface area contributed by atoms with Gasteiger partial charge in [-0.05, 0) is 59.9 Å². The van der Waals surface area contributed by atoms with E-state index < -0.39 is 34.4 Å². The van der Waals surface area contributed by atoms with Crippen LogP contribution in [0.1, 0.15) is 70.3 Å². The molecule has 1 saturated carbocycles. The number of carbonyl (C=O) groups is 2. The number of pyridine rings is 2. The van der Waals surface area contributed by atoms with Gasteiger partial charge in [0.25, 0.3) is 0 Å². The second-order valence-electron chi connectivity index (χ2n) is 10.8. The number of carbonyl (C=O) groups excluding carboxylic acids is 1. The first-order valence-corrected chi connectivity index (χ1v) is 11.5. The first-order chi connectivity index (χ1) is 15.8. The first kappa shape index (κ1) is 24.0. The van der Waals surface area contributed by atoms with E-state index in [2.05, 4.69) is 10.3 Å². The van der Waals surface area contributed by atoms with E-state index in [9.17, 15) is 19.5 Å². The first-order valence-electron chi connectivity index (χ1n) is 11.5. The Balaban J connectivity index is 1.62. The Bertz CT molecular complexity index is 1210. The van der Waals surface area contributed by atoms with E-state index in [-0.39, 0.29) is 28.7 Å². The predicted molar refractivity (Wildman–Crippen MR) is 125 cm³/mol. The molecule has 9 nitrogen and oxygen atoms in total. The Hall–Kier alpha value is -3.17. The normalized spacial score (nSPS) is 18.9. The molecule has 0 aromatic carbocycles. The van der Waals surface area contributed by atoms with Crippen LogP contribution >= 0.6 is 0 Å². The number of rotatable bonds is 5. The van der Waals surface area contributed by atoms with E-state index in [0.717, 1.165) is 18.9 Å². The standard InChI is InChI=1S/C24H31FN4O5/c1-23(2,3)34-22(33)27-24(4,5)13-8-9-28(11-13)20-17(25)10-15-18(30)16(21(31)32)12-29(14-6-7-14)19(15)26-20/h10,12-14H,6-9,11H2,1-5H3,(H,27,33)(H,31,32)/t13-/m1/s1. The number of nitrogens with one attached hydrogen (secondary N) is 1. The molecule has 2 aromatic rings. The van der Waals surface area contributed by atoms with Crippen molar-refractivity contribution in [2.45, 2.75) is 71.1 Å². The molecule has 0 bridgehead atoms. The fraction of sp³-hybridized carbons (Fsp3) is 0.583. The molecule has 1 aliphatic heterocycles. The second kappa shape index (κ2) is 8.25. The van der Waals surface area contributed by atoms with Gasteiger partial charge in [-0.2, -0.15) is 0 Å². The summed E-state index contributed by atoms with van der Waals surface area (Å²) in [5, 5.41) is 12.3. The molecular formula is C24H31FN4O5. The van der Waals surface area contributed by atoms with Gasteiger partial charge < -0.3 is 24.6 Å². The highest BCUT2D eigenvalue weighted by Crippen LogP contribution is 2.38.